The topological polar surface area (TPSA) is 106 Å². The molecule has 2 fully saturated rings. The van der Waals surface area contributed by atoms with Crippen molar-refractivity contribution in [3.05, 3.63) is 141 Å². The highest BCUT2D eigenvalue weighted by Crippen LogP contribution is 2.41. The summed E-state index contributed by atoms with van der Waals surface area (Å²) in [5, 5.41) is 15.3. The third-order valence-electron chi connectivity index (χ3n) is 8.53. The van der Waals surface area contributed by atoms with Crippen LogP contribution in [0.4, 0.5) is 0 Å². The molecule has 8 nitrogen and oxygen atoms in total. The molecule has 1 aliphatic carbocycles. The van der Waals surface area contributed by atoms with Crippen LogP contribution in [0.25, 0.3) is 0 Å². The number of aliphatic hydroxyl groups excluding tert-OH is 1. The third-order valence-corrected chi connectivity index (χ3v) is 8.53. The Kier molecular flexibility index (Phi) is 8.48. The number of aliphatic hydroxyl groups is 1. The molecule has 6 rings (SSSR count). The van der Waals surface area contributed by atoms with Crippen molar-refractivity contribution in [2.75, 3.05) is 6.61 Å². The highest BCUT2D eigenvalue weighted by Gasteiger charge is 2.48. The fourth-order valence-corrected chi connectivity index (χ4v) is 6.45. The Labute approximate surface area is 245 Å². The standard InChI is InChI=1S/C34H37N3O5/c38-29-21-22-37(33(40)36-29)32-30(35-27-19-11-4-12-20-27)31(39)28(42-32)23-41-34(24-13-5-1-6-14-24,25-15-7-2-8-16-25)26-17-9-3-10-18-26/h1-3,5-10,13-18,21-22,27-28,30-32,35,39H,4,11-12,19-20,23H2,(H,36,38,40)/t28-,30-,31+,32-/m1/s1. The Morgan fingerprint density at radius 2 is 1.38 bits per heavy atom. The zero-order valence-corrected chi connectivity index (χ0v) is 23.5. The number of hydrogen-bond acceptors (Lipinski definition) is 6. The van der Waals surface area contributed by atoms with Crippen molar-refractivity contribution in [2.24, 2.45) is 0 Å². The molecule has 3 aromatic carbocycles. The lowest BCUT2D eigenvalue weighted by Crippen LogP contribution is -2.50. The summed E-state index contributed by atoms with van der Waals surface area (Å²) in [6.45, 7) is 0.0529. The number of ether oxygens (including phenoxy) is 2. The lowest BCUT2D eigenvalue weighted by molar-refractivity contribution is -0.0946. The first-order valence-electron chi connectivity index (χ1n) is 14.8. The minimum Gasteiger partial charge on any atom is -0.389 e. The summed E-state index contributed by atoms with van der Waals surface area (Å²) in [7, 11) is 0. The average Bonchev–Trinajstić information content (AvgIpc) is 3.33. The summed E-state index contributed by atoms with van der Waals surface area (Å²) < 4.78 is 14.7. The molecule has 0 bridgehead atoms. The highest BCUT2D eigenvalue weighted by atomic mass is 16.6. The molecule has 8 heteroatoms. The predicted octanol–water partition coefficient (Wildman–Crippen LogP) is 4.09. The van der Waals surface area contributed by atoms with Crippen LogP contribution in [0, 0.1) is 0 Å². The van der Waals surface area contributed by atoms with Gasteiger partial charge in [-0.1, -0.05) is 110 Å². The van der Waals surface area contributed by atoms with E-state index in [4.69, 9.17) is 9.47 Å². The van der Waals surface area contributed by atoms with E-state index >= 15 is 0 Å². The molecule has 0 amide bonds. The molecule has 4 atom stereocenters. The van der Waals surface area contributed by atoms with Crippen molar-refractivity contribution in [1.82, 2.24) is 14.9 Å². The summed E-state index contributed by atoms with van der Waals surface area (Å²) in [5.41, 5.74) is 0.792. The van der Waals surface area contributed by atoms with Crippen LogP contribution >= 0.6 is 0 Å². The molecule has 42 heavy (non-hydrogen) atoms. The molecule has 1 saturated carbocycles. The van der Waals surface area contributed by atoms with Gasteiger partial charge in [0.25, 0.3) is 5.56 Å². The molecule has 1 aromatic heterocycles. The lowest BCUT2D eigenvalue weighted by atomic mass is 9.80. The van der Waals surface area contributed by atoms with Gasteiger partial charge in [-0.3, -0.25) is 14.3 Å². The van der Waals surface area contributed by atoms with Crippen LogP contribution < -0.4 is 16.6 Å². The first-order chi connectivity index (χ1) is 20.6. The number of nitrogens with zero attached hydrogens (tertiary/aromatic N) is 1. The zero-order valence-electron chi connectivity index (χ0n) is 23.5. The fraction of sp³-hybridized carbons (Fsp3) is 0.353. The van der Waals surface area contributed by atoms with Gasteiger partial charge in [-0.05, 0) is 29.5 Å². The molecular formula is C34H37N3O5. The van der Waals surface area contributed by atoms with Crippen molar-refractivity contribution in [3.63, 3.8) is 0 Å². The van der Waals surface area contributed by atoms with Gasteiger partial charge >= 0.3 is 5.69 Å². The van der Waals surface area contributed by atoms with Gasteiger partial charge in [0.2, 0.25) is 0 Å². The van der Waals surface area contributed by atoms with Crippen molar-refractivity contribution in [1.29, 1.82) is 0 Å². The zero-order chi connectivity index (χ0) is 28.9. The second-order valence-corrected chi connectivity index (χ2v) is 11.2. The highest BCUT2D eigenvalue weighted by molar-refractivity contribution is 5.47. The van der Waals surface area contributed by atoms with E-state index in [0.717, 1.165) is 42.4 Å². The summed E-state index contributed by atoms with van der Waals surface area (Å²) >= 11 is 0. The Morgan fingerprint density at radius 1 is 0.833 bits per heavy atom. The summed E-state index contributed by atoms with van der Waals surface area (Å²) in [5.74, 6) is 0. The fourth-order valence-electron chi connectivity index (χ4n) is 6.45. The van der Waals surface area contributed by atoms with E-state index in [2.05, 4.69) is 10.3 Å². The van der Waals surface area contributed by atoms with Crippen LogP contribution in [0.15, 0.2) is 113 Å². The number of benzene rings is 3. The molecular weight excluding hydrogens is 530 g/mol. The molecule has 0 radical (unpaired) electrons. The van der Waals surface area contributed by atoms with Crippen LogP contribution in [-0.4, -0.2) is 45.6 Å². The van der Waals surface area contributed by atoms with Gasteiger partial charge in [-0.2, -0.15) is 0 Å². The van der Waals surface area contributed by atoms with E-state index in [1.807, 2.05) is 91.0 Å². The summed E-state index contributed by atoms with van der Waals surface area (Å²) in [4.78, 5) is 27.0. The van der Waals surface area contributed by atoms with E-state index in [1.165, 1.54) is 23.3 Å². The van der Waals surface area contributed by atoms with Gasteiger partial charge in [0.05, 0.1) is 12.6 Å². The molecule has 1 aliphatic heterocycles. The monoisotopic (exact) mass is 567 g/mol. The Balaban J connectivity index is 1.36. The van der Waals surface area contributed by atoms with Gasteiger partial charge < -0.3 is 19.9 Å². The summed E-state index contributed by atoms with van der Waals surface area (Å²) in [6, 6.07) is 31.1. The minimum absolute atomic E-state index is 0.0529. The number of aromatic amines is 1. The number of aromatic nitrogens is 2. The van der Waals surface area contributed by atoms with E-state index in [0.29, 0.717) is 0 Å². The quantitative estimate of drug-likeness (QED) is 0.263. The molecule has 2 heterocycles. The number of rotatable bonds is 9. The number of hydrogen-bond donors (Lipinski definition) is 3. The molecule has 3 N–H and O–H groups in total. The second kappa shape index (κ2) is 12.6. The van der Waals surface area contributed by atoms with E-state index in [-0.39, 0.29) is 12.6 Å². The van der Waals surface area contributed by atoms with Crippen LogP contribution in [0.1, 0.15) is 55.0 Å². The molecule has 1 saturated heterocycles. The normalized spacial score (nSPS) is 23.2. The maximum Gasteiger partial charge on any atom is 0.330 e. The van der Waals surface area contributed by atoms with Crippen molar-refractivity contribution in [3.8, 4) is 0 Å². The van der Waals surface area contributed by atoms with Gasteiger partial charge in [0.1, 0.15) is 17.8 Å². The number of H-pyrrole nitrogens is 1. The molecule has 2 aliphatic rings. The van der Waals surface area contributed by atoms with Crippen LogP contribution in [0.2, 0.25) is 0 Å². The number of nitrogens with one attached hydrogen (secondary N) is 2. The van der Waals surface area contributed by atoms with E-state index < -0.39 is 41.3 Å². The van der Waals surface area contributed by atoms with Crippen LogP contribution in [0.3, 0.4) is 0 Å². The van der Waals surface area contributed by atoms with Crippen LogP contribution in [0.5, 0.6) is 0 Å². The molecule has 0 spiro atoms. The first-order valence-corrected chi connectivity index (χ1v) is 14.8. The molecule has 4 aromatic rings. The van der Waals surface area contributed by atoms with Crippen LogP contribution in [-0.2, 0) is 15.1 Å². The Morgan fingerprint density at radius 3 is 1.90 bits per heavy atom. The maximum absolute atomic E-state index is 12.8. The lowest BCUT2D eigenvalue weighted by Gasteiger charge is -2.37. The average molecular weight is 568 g/mol. The van der Waals surface area contributed by atoms with Gasteiger partial charge in [0, 0.05) is 18.3 Å². The van der Waals surface area contributed by atoms with Crippen molar-refractivity contribution >= 4 is 0 Å². The Bertz CT molecular complexity index is 1450. The smallest absolute Gasteiger partial charge is 0.330 e. The van der Waals surface area contributed by atoms with Crippen molar-refractivity contribution < 1.29 is 14.6 Å². The SMILES string of the molecule is O=c1ccn([C@@H]2O[C@H](COC(c3ccccc3)(c3ccccc3)c3ccccc3)[C@H](O)[C@H]2NC2CCCCC2)c(=O)[nH]1. The molecule has 218 valence electrons. The van der Waals surface area contributed by atoms with Gasteiger partial charge in [0.15, 0.2) is 6.23 Å². The Hall–Kier alpha value is -3.82. The largest absolute Gasteiger partial charge is 0.389 e. The minimum atomic E-state index is -0.980. The van der Waals surface area contributed by atoms with Gasteiger partial charge in [-0.15, -0.1) is 0 Å². The predicted molar refractivity (Wildman–Crippen MR) is 160 cm³/mol. The maximum atomic E-state index is 12.8. The van der Waals surface area contributed by atoms with E-state index in [1.54, 1.807) is 0 Å². The van der Waals surface area contributed by atoms with Gasteiger partial charge in [-0.25, -0.2) is 4.79 Å². The van der Waals surface area contributed by atoms with E-state index in [9.17, 15) is 14.7 Å². The molecule has 0 unspecified atom stereocenters. The first kappa shape index (κ1) is 28.3. The third kappa shape index (κ3) is 5.63. The second-order valence-electron chi connectivity index (χ2n) is 11.2. The summed E-state index contributed by atoms with van der Waals surface area (Å²) in [6.07, 6.45) is 4.32. The van der Waals surface area contributed by atoms with Crippen molar-refractivity contribution in [2.45, 2.75) is 68.2 Å².